The van der Waals surface area contributed by atoms with Gasteiger partial charge in [-0.15, -0.1) is 0 Å². The van der Waals surface area contributed by atoms with Crippen LogP contribution in [0, 0.1) is 5.92 Å². The molecule has 0 saturated carbocycles. The molecule has 1 aromatic rings. The van der Waals surface area contributed by atoms with E-state index in [-0.39, 0.29) is 30.7 Å². The van der Waals surface area contributed by atoms with Gasteiger partial charge in [0.2, 0.25) is 5.91 Å². The summed E-state index contributed by atoms with van der Waals surface area (Å²) < 4.78 is 5.57. The van der Waals surface area contributed by atoms with Crippen molar-refractivity contribution in [1.29, 1.82) is 0 Å². The molecule has 2 atom stereocenters. The Morgan fingerprint density at radius 1 is 1.22 bits per heavy atom. The van der Waals surface area contributed by atoms with Crippen molar-refractivity contribution in [2.24, 2.45) is 5.92 Å². The van der Waals surface area contributed by atoms with Crippen LogP contribution in [-0.4, -0.2) is 71.7 Å². The first-order valence-electron chi connectivity index (χ1n) is 9.63. The third-order valence-electron chi connectivity index (χ3n) is 5.77. The summed E-state index contributed by atoms with van der Waals surface area (Å²) in [6.45, 7) is 2.88. The summed E-state index contributed by atoms with van der Waals surface area (Å²) in [6, 6.07) is 1.96. The number of nitrogens with one attached hydrogen (secondary N) is 1. The van der Waals surface area contributed by atoms with Crippen LogP contribution in [0.2, 0.25) is 5.02 Å². The van der Waals surface area contributed by atoms with Gasteiger partial charge in [0.05, 0.1) is 17.2 Å². The van der Waals surface area contributed by atoms with Crippen LogP contribution in [0.5, 0.6) is 0 Å². The first-order valence-corrected chi connectivity index (χ1v) is 10.0. The van der Waals surface area contributed by atoms with Gasteiger partial charge < -0.3 is 19.9 Å². The van der Waals surface area contributed by atoms with Gasteiger partial charge in [-0.25, -0.2) is 4.79 Å². The van der Waals surface area contributed by atoms with Crippen molar-refractivity contribution < 1.29 is 14.3 Å². The second-order valence-electron chi connectivity index (χ2n) is 7.69. The minimum absolute atomic E-state index is 0.0313. The van der Waals surface area contributed by atoms with Crippen LogP contribution < -0.4 is 5.32 Å². The summed E-state index contributed by atoms with van der Waals surface area (Å²) >= 11 is 6.01. The number of aromatic nitrogens is 1. The predicted molar refractivity (Wildman–Crippen MR) is 101 cm³/mol. The lowest BCUT2D eigenvalue weighted by Crippen LogP contribution is -2.62. The number of pyridine rings is 1. The molecule has 146 valence electrons. The maximum atomic E-state index is 12.9. The number of piperidine rings is 2. The molecule has 27 heavy (non-hydrogen) atoms. The fourth-order valence-electron chi connectivity index (χ4n) is 4.30. The van der Waals surface area contributed by atoms with Crippen LogP contribution in [0.15, 0.2) is 18.5 Å². The van der Waals surface area contributed by atoms with Gasteiger partial charge in [-0.05, 0) is 43.2 Å². The largest absolute Gasteiger partial charge is 0.366 e. The Morgan fingerprint density at radius 2 is 2.00 bits per heavy atom. The number of likely N-dealkylation sites (tertiary alicyclic amines) is 2. The monoisotopic (exact) mass is 392 g/mol. The molecular weight excluding hydrogens is 368 g/mol. The minimum atomic E-state index is -0.0955. The van der Waals surface area contributed by atoms with Gasteiger partial charge in [-0.2, -0.15) is 0 Å². The molecule has 8 heteroatoms. The normalized spacial score (nSPS) is 26.5. The van der Waals surface area contributed by atoms with E-state index in [0.29, 0.717) is 24.0 Å². The summed E-state index contributed by atoms with van der Waals surface area (Å²) in [5.41, 5.74) is 1.15. The number of nitrogens with zero attached hydrogens (tertiary/aromatic N) is 3. The number of halogens is 1. The second-order valence-corrected chi connectivity index (χ2v) is 8.12. The molecule has 3 amide bonds. The van der Waals surface area contributed by atoms with Crippen LogP contribution in [0.1, 0.15) is 24.8 Å². The summed E-state index contributed by atoms with van der Waals surface area (Å²) in [5.74, 6) is 0.452. The highest BCUT2D eigenvalue weighted by Crippen LogP contribution is 2.25. The molecule has 0 unspecified atom stereocenters. The molecule has 4 heterocycles. The lowest BCUT2D eigenvalue weighted by atomic mass is 9.91. The number of carbonyl (C=O) groups excluding carboxylic acids is 2. The standard InChI is InChI=1S/C19H25ClN4O3/c20-15-8-14(9-21-10-15)7-13-1-4-23(5-2-13)19(26)24-6-3-17-16(11-24)22-18(25)12-27-17/h8-10,13,16-17H,1-7,11-12H2,(H,22,25)/t16-,17+/m1/s1. The van der Waals surface area contributed by atoms with Crippen LogP contribution in [0.25, 0.3) is 0 Å². The molecule has 0 aromatic carbocycles. The zero-order valence-corrected chi connectivity index (χ0v) is 16.0. The summed E-state index contributed by atoms with van der Waals surface area (Å²) in [6.07, 6.45) is 7.24. The third kappa shape index (κ3) is 4.35. The lowest BCUT2D eigenvalue weighted by Gasteiger charge is -2.43. The van der Waals surface area contributed by atoms with Crippen molar-refractivity contribution in [2.45, 2.75) is 37.8 Å². The van der Waals surface area contributed by atoms with Crippen LogP contribution in [0.3, 0.4) is 0 Å². The Balaban J connectivity index is 1.28. The van der Waals surface area contributed by atoms with E-state index >= 15 is 0 Å². The molecule has 3 aliphatic rings. The number of fused-ring (bicyclic) bond motifs is 1. The third-order valence-corrected chi connectivity index (χ3v) is 5.97. The highest BCUT2D eigenvalue weighted by Gasteiger charge is 2.37. The van der Waals surface area contributed by atoms with Crippen molar-refractivity contribution in [2.75, 3.05) is 32.8 Å². The van der Waals surface area contributed by atoms with Gasteiger partial charge in [0.15, 0.2) is 0 Å². The van der Waals surface area contributed by atoms with E-state index in [1.807, 2.05) is 22.1 Å². The number of hydrogen-bond donors (Lipinski definition) is 1. The lowest BCUT2D eigenvalue weighted by molar-refractivity contribution is -0.139. The highest BCUT2D eigenvalue weighted by atomic mass is 35.5. The number of hydrogen-bond acceptors (Lipinski definition) is 4. The Hall–Kier alpha value is -1.86. The van der Waals surface area contributed by atoms with Gasteiger partial charge in [-0.1, -0.05) is 11.6 Å². The second kappa shape index (κ2) is 8.02. The molecule has 1 aromatic heterocycles. The summed E-state index contributed by atoms with van der Waals surface area (Å²) in [5, 5.41) is 3.62. The zero-order chi connectivity index (χ0) is 18.8. The molecule has 0 spiro atoms. The fourth-order valence-corrected chi connectivity index (χ4v) is 4.50. The Morgan fingerprint density at radius 3 is 2.78 bits per heavy atom. The molecule has 0 aliphatic carbocycles. The molecule has 3 saturated heterocycles. The van der Waals surface area contributed by atoms with E-state index in [0.717, 1.165) is 44.3 Å². The zero-order valence-electron chi connectivity index (χ0n) is 15.3. The van der Waals surface area contributed by atoms with Gasteiger partial charge in [0, 0.05) is 38.6 Å². The average molecular weight is 393 g/mol. The summed E-state index contributed by atoms with van der Waals surface area (Å²) in [7, 11) is 0. The van der Waals surface area contributed by atoms with Crippen molar-refractivity contribution in [3.05, 3.63) is 29.0 Å². The van der Waals surface area contributed by atoms with Crippen LogP contribution >= 0.6 is 11.6 Å². The minimum Gasteiger partial charge on any atom is -0.366 e. The van der Waals surface area contributed by atoms with Gasteiger partial charge in [0.1, 0.15) is 6.61 Å². The molecule has 7 nitrogen and oxygen atoms in total. The average Bonchev–Trinajstić information content (AvgIpc) is 2.67. The number of carbonyl (C=O) groups is 2. The number of ether oxygens (including phenoxy) is 1. The maximum Gasteiger partial charge on any atom is 0.320 e. The van der Waals surface area contributed by atoms with E-state index in [9.17, 15) is 9.59 Å². The number of amides is 3. The van der Waals surface area contributed by atoms with Gasteiger partial charge >= 0.3 is 6.03 Å². The first-order chi connectivity index (χ1) is 13.1. The number of morpholine rings is 1. The first kappa shape index (κ1) is 18.5. The topological polar surface area (TPSA) is 74.8 Å². The molecule has 1 N–H and O–H groups in total. The van der Waals surface area contributed by atoms with Crippen molar-refractivity contribution in [3.63, 3.8) is 0 Å². The highest BCUT2D eigenvalue weighted by molar-refractivity contribution is 6.30. The SMILES string of the molecule is O=C1CO[C@H]2CCN(C(=O)N3CCC(Cc4cncc(Cl)c4)CC3)C[C@H]2N1. The van der Waals surface area contributed by atoms with Crippen molar-refractivity contribution in [3.8, 4) is 0 Å². The number of rotatable bonds is 2. The maximum absolute atomic E-state index is 12.9. The smallest absolute Gasteiger partial charge is 0.320 e. The van der Waals surface area contributed by atoms with E-state index in [1.54, 1.807) is 6.20 Å². The molecule has 3 fully saturated rings. The molecular formula is C19H25ClN4O3. The molecule has 0 bridgehead atoms. The molecule has 4 rings (SSSR count). The Bertz CT molecular complexity index is 708. The van der Waals surface area contributed by atoms with E-state index in [2.05, 4.69) is 10.3 Å². The van der Waals surface area contributed by atoms with Crippen LogP contribution in [-0.2, 0) is 16.0 Å². The van der Waals surface area contributed by atoms with E-state index in [4.69, 9.17) is 16.3 Å². The van der Waals surface area contributed by atoms with Gasteiger partial charge in [-0.3, -0.25) is 9.78 Å². The summed E-state index contributed by atoms with van der Waals surface area (Å²) in [4.78, 5) is 32.4. The van der Waals surface area contributed by atoms with Crippen LogP contribution in [0.4, 0.5) is 4.79 Å². The molecule has 3 aliphatic heterocycles. The van der Waals surface area contributed by atoms with Crippen molar-refractivity contribution in [1.82, 2.24) is 20.1 Å². The molecule has 0 radical (unpaired) electrons. The quantitative estimate of drug-likeness (QED) is 0.831. The Labute approximate surface area is 164 Å². The van der Waals surface area contributed by atoms with Gasteiger partial charge in [0.25, 0.3) is 0 Å². The Kier molecular flexibility index (Phi) is 5.50. The van der Waals surface area contributed by atoms with Crippen molar-refractivity contribution >= 4 is 23.5 Å². The fraction of sp³-hybridized carbons (Fsp3) is 0.632. The number of urea groups is 1. The van der Waals surface area contributed by atoms with E-state index in [1.165, 1.54) is 0 Å². The van der Waals surface area contributed by atoms with E-state index < -0.39 is 0 Å². The predicted octanol–water partition coefficient (Wildman–Crippen LogP) is 1.70.